The largest absolute Gasteiger partial charge is 0.339 e. The van der Waals surface area contributed by atoms with Gasteiger partial charge in [0.1, 0.15) is 0 Å². The molecule has 19 heavy (non-hydrogen) atoms. The monoisotopic (exact) mass is 280 g/mol. The first kappa shape index (κ1) is 14.4. The molecule has 1 aliphatic heterocycles. The number of halogens is 1. The van der Waals surface area contributed by atoms with Crippen LogP contribution in [0.3, 0.4) is 0 Å². The van der Waals surface area contributed by atoms with Crippen LogP contribution >= 0.6 is 11.6 Å². The summed E-state index contributed by atoms with van der Waals surface area (Å²) in [5.74, 6) is 0.187. The molecule has 2 rings (SSSR count). The van der Waals surface area contributed by atoms with Gasteiger partial charge in [0.25, 0.3) is 0 Å². The summed E-state index contributed by atoms with van der Waals surface area (Å²) in [5, 5.41) is 4.07. The summed E-state index contributed by atoms with van der Waals surface area (Å²) in [7, 11) is 1.86. The molecule has 1 aromatic carbocycles. The lowest BCUT2D eigenvalue weighted by Crippen LogP contribution is -2.34. The van der Waals surface area contributed by atoms with E-state index in [-0.39, 0.29) is 11.9 Å². The van der Waals surface area contributed by atoms with E-state index in [1.165, 1.54) is 6.42 Å². The summed E-state index contributed by atoms with van der Waals surface area (Å²) in [6, 6.07) is 8.10. The minimum Gasteiger partial charge on any atom is -0.339 e. The average Bonchev–Trinajstić information content (AvgIpc) is 2.89. The summed E-state index contributed by atoms with van der Waals surface area (Å²) in [6.45, 7) is 3.07. The zero-order chi connectivity index (χ0) is 13.8. The molecule has 104 valence electrons. The van der Waals surface area contributed by atoms with Gasteiger partial charge < -0.3 is 10.2 Å². The van der Waals surface area contributed by atoms with Crippen molar-refractivity contribution in [2.75, 3.05) is 13.6 Å². The topological polar surface area (TPSA) is 32.3 Å². The van der Waals surface area contributed by atoms with Crippen LogP contribution in [0.1, 0.15) is 37.8 Å². The Labute approximate surface area is 119 Å². The van der Waals surface area contributed by atoms with E-state index < -0.39 is 0 Å². The van der Waals surface area contributed by atoms with E-state index in [4.69, 9.17) is 11.6 Å². The SMILES string of the molecule is CC(c1cccc(Cl)c1)N(C)C(=O)CC1CCCN1. The Hall–Kier alpha value is -1.06. The molecule has 1 N–H and O–H groups in total. The van der Waals surface area contributed by atoms with Crippen molar-refractivity contribution in [2.45, 2.75) is 38.3 Å². The van der Waals surface area contributed by atoms with Gasteiger partial charge in [0.15, 0.2) is 0 Å². The lowest BCUT2D eigenvalue weighted by molar-refractivity contribution is -0.132. The summed E-state index contributed by atoms with van der Waals surface area (Å²) in [4.78, 5) is 14.1. The number of benzene rings is 1. The highest BCUT2D eigenvalue weighted by Gasteiger charge is 2.23. The molecule has 1 saturated heterocycles. The van der Waals surface area contributed by atoms with Crippen LogP contribution < -0.4 is 5.32 Å². The maximum absolute atomic E-state index is 12.3. The Morgan fingerprint density at radius 2 is 2.37 bits per heavy atom. The molecule has 0 spiro atoms. The lowest BCUT2D eigenvalue weighted by Gasteiger charge is -2.26. The van der Waals surface area contributed by atoms with Crippen LogP contribution in [0.25, 0.3) is 0 Å². The van der Waals surface area contributed by atoms with Gasteiger partial charge in [-0.3, -0.25) is 4.79 Å². The third-order valence-electron chi connectivity index (χ3n) is 3.89. The van der Waals surface area contributed by atoms with Gasteiger partial charge in [0.2, 0.25) is 5.91 Å². The fraction of sp³-hybridized carbons (Fsp3) is 0.533. The normalized spacial score (nSPS) is 20.3. The lowest BCUT2D eigenvalue weighted by atomic mass is 10.1. The van der Waals surface area contributed by atoms with Crippen LogP contribution in [-0.2, 0) is 4.79 Å². The number of carbonyl (C=O) groups is 1. The van der Waals surface area contributed by atoms with Gasteiger partial charge in [0.05, 0.1) is 6.04 Å². The summed E-state index contributed by atoms with van der Waals surface area (Å²) in [5.41, 5.74) is 1.07. The number of rotatable bonds is 4. The summed E-state index contributed by atoms with van der Waals surface area (Å²) < 4.78 is 0. The van der Waals surface area contributed by atoms with Crippen LogP contribution in [0.4, 0.5) is 0 Å². The Balaban J connectivity index is 1.97. The molecule has 3 nitrogen and oxygen atoms in total. The highest BCUT2D eigenvalue weighted by Crippen LogP contribution is 2.23. The molecule has 2 atom stereocenters. The highest BCUT2D eigenvalue weighted by atomic mass is 35.5. The van der Waals surface area contributed by atoms with Crippen molar-refractivity contribution in [3.8, 4) is 0 Å². The van der Waals surface area contributed by atoms with Crippen molar-refractivity contribution in [1.82, 2.24) is 10.2 Å². The minimum atomic E-state index is 0.0487. The molecule has 0 aromatic heterocycles. The van der Waals surface area contributed by atoms with Crippen LogP contribution in [-0.4, -0.2) is 30.4 Å². The molecule has 1 aliphatic rings. The van der Waals surface area contributed by atoms with Crippen LogP contribution in [0.15, 0.2) is 24.3 Å². The van der Waals surface area contributed by atoms with Crippen LogP contribution in [0.2, 0.25) is 5.02 Å². The molecule has 1 fully saturated rings. The molecule has 1 aromatic rings. The second kappa shape index (κ2) is 6.40. The standard InChI is InChI=1S/C15H21ClN2O/c1-11(12-5-3-6-13(16)9-12)18(2)15(19)10-14-7-4-8-17-14/h3,5-6,9,11,14,17H,4,7-8,10H2,1-2H3. The first-order chi connectivity index (χ1) is 9.08. The second-order valence-corrected chi connectivity index (χ2v) is 5.67. The molecule has 0 saturated carbocycles. The van der Waals surface area contributed by atoms with Gasteiger partial charge in [-0.05, 0) is 44.0 Å². The van der Waals surface area contributed by atoms with E-state index >= 15 is 0 Å². The van der Waals surface area contributed by atoms with Gasteiger partial charge >= 0.3 is 0 Å². The van der Waals surface area contributed by atoms with Gasteiger partial charge in [-0.15, -0.1) is 0 Å². The van der Waals surface area contributed by atoms with E-state index in [2.05, 4.69) is 5.32 Å². The van der Waals surface area contributed by atoms with E-state index in [1.807, 2.05) is 43.1 Å². The second-order valence-electron chi connectivity index (χ2n) is 5.23. The average molecular weight is 281 g/mol. The van der Waals surface area contributed by atoms with E-state index in [0.29, 0.717) is 17.5 Å². The molecular formula is C15H21ClN2O. The Morgan fingerprint density at radius 1 is 1.58 bits per heavy atom. The summed E-state index contributed by atoms with van der Waals surface area (Å²) >= 11 is 6.00. The van der Waals surface area contributed by atoms with E-state index in [0.717, 1.165) is 18.5 Å². The summed E-state index contributed by atoms with van der Waals surface area (Å²) in [6.07, 6.45) is 2.86. The Bertz CT molecular complexity index is 444. The zero-order valence-electron chi connectivity index (χ0n) is 11.5. The third-order valence-corrected chi connectivity index (χ3v) is 4.12. The number of hydrogen-bond donors (Lipinski definition) is 1. The van der Waals surface area contributed by atoms with Crippen LogP contribution in [0.5, 0.6) is 0 Å². The molecule has 4 heteroatoms. The maximum atomic E-state index is 12.3. The number of nitrogens with zero attached hydrogens (tertiary/aromatic N) is 1. The van der Waals surface area contributed by atoms with Gasteiger partial charge in [0, 0.05) is 24.5 Å². The molecule has 0 aliphatic carbocycles. The zero-order valence-corrected chi connectivity index (χ0v) is 12.3. The van der Waals surface area contributed by atoms with Crippen molar-refractivity contribution in [3.63, 3.8) is 0 Å². The molecule has 1 heterocycles. The Kier molecular flexibility index (Phi) is 4.83. The number of carbonyl (C=O) groups excluding carboxylic acids is 1. The smallest absolute Gasteiger partial charge is 0.224 e. The quantitative estimate of drug-likeness (QED) is 0.920. The van der Waals surface area contributed by atoms with E-state index in [1.54, 1.807) is 0 Å². The van der Waals surface area contributed by atoms with Crippen molar-refractivity contribution in [2.24, 2.45) is 0 Å². The predicted molar refractivity (Wildman–Crippen MR) is 78.3 cm³/mol. The molecule has 1 amide bonds. The first-order valence-corrected chi connectivity index (χ1v) is 7.20. The third kappa shape index (κ3) is 3.71. The molecule has 0 radical (unpaired) electrons. The van der Waals surface area contributed by atoms with Gasteiger partial charge in [-0.1, -0.05) is 23.7 Å². The molecule has 2 unspecified atom stereocenters. The fourth-order valence-corrected chi connectivity index (χ4v) is 2.69. The van der Waals surface area contributed by atoms with Gasteiger partial charge in [-0.2, -0.15) is 0 Å². The highest BCUT2D eigenvalue weighted by molar-refractivity contribution is 6.30. The number of nitrogens with one attached hydrogen (secondary N) is 1. The number of amides is 1. The first-order valence-electron chi connectivity index (χ1n) is 6.82. The predicted octanol–water partition coefficient (Wildman–Crippen LogP) is 3.00. The van der Waals surface area contributed by atoms with Crippen molar-refractivity contribution in [3.05, 3.63) is 34.9 Å². The molecule has 0 bridgehead atoms. The van der Waals surface area contributed by atoms with Crippen molar-refractivity contribution in [1.29, 1.82) is 0 Å². The fourth-order valence-electron chi connectivity index (χ4n) is 2.49. The van der Waals surface area contributed by atoms with Crippen molar-refractivity contribution >= 4 is 17.5 Å². The van der Waals surface area contributed by atoms with Crippen molar-refractivity contribution < 1.29 is 4.79 Å². The van der Waals surface area contributed by atoms with E-state index in [9.17, 15) is 4.79 Å². The maximum Gasteiger partial charge on any atom is 0.224 e. The molecular weight excluding hydrogens is 260 g/mol. The Morgan fingerprint density at radius 3 is 3.00 bits per heavy atom. The number of hydrogen-bond acceptors (Lipinski definition) is 2. The minimum absolute atomic E-state index is 0.0487. The van der Waals surface area contributed by atoms with Crippen LogP contribution in [0, 0.1) is 0 Å². The van der Waals surface area contributed by atoms with Gasteiger partial charge in [-0.25, -0.2) is 0 Å².